The average molecular weight is 393 g/mol. The molecule has 1 atom stereocenters. The Kier molecular flexibility index (Phi) is 6.74. The summed E-state index contributed by atoms with van der Waals surface area (Å²) >= 11 is 0. The monoisotopic (exact) mass is 393 g/mol. The van der Waals surface area contributed by atoms with Gasteiger partial charge in [0.2, 0.25) is 0 Å². The first-order valence-electron chi connectivity index (χ1n) is 6.72. The third-order valence-electron chi connectivity index (χ3n) is 3.60. The molecule has 0 amide bonds. The molecule has 1 aliphatic heterocycles. The van der Waals surface area contributed by atoms with Gasteiger partial charge in [-0.3, -0.25) is 4.68 Å². The average Bonchev–Trinajstić information content (AvgIpc) is 2.96. The number of guanidine groups is 1. The van der Waals surface area contributed by atoms with Crippen LogP contribution in [0, 0.1) is 13.8 Å². The molecule has 20 heavy (non-hydrogen) atoms. The van der Waals surface area contributed by atoms with Crippen LogP contribution in [-0.2, 0) is 18.3 Å². The third-order valence-corrected chi connectivity index (χ3v) is 3.60. The normalized spacial score (nSPS) is 18.9. The summed E-state index contributed by atoms with van der Waals surface area (Å²) in [6.45, 7) is 6.20. The largest absolute Gasteiger partial charge is 0.376 e. The van der Waals surface area contributed by atoms with Gasteiger partial charge in [0.1, 0.15) is 0 Å². The maximum atomic E-state index is 5.86. The predicted molar refractivity (Wildman–Crippen MR) is 90.4 cm³/mol. The van der Waals surface area contributed by atoms with Crippen LogP contribution < -0.4 is 11.1 Å². The lowest BCUT2D eigenvalue weighted by atomic mass is 10.2. The molecule has 0 aliphatic carbocycles. The van der Waals surface area contributed by atoms with Crippen LogP contribution in [0.1, 0.15) is 29.8 Å². The van der Waals surface area contributed by atoms with Crippen molar-refractivity contribution in [1.29, 1.82) is 0 Å². The van der Waals surface area contributed by atoms with Gasteiger partial charge in [-0.05, 0) is 26.7 Å². The van der Waals surface area contributed by atoms with Crippen molar-refractivity contribution >= 4 is 29.9 Å². The Bertz CT molecular complexity index is 466. The van der Waals surface area contributed by atoms with Gasteiger partial charge >= 0.3 is 0 Å². The lowest BCUT2D eigenvalue weighted by Crippen LogP contribution is -2.37. The van der Waals surface area contributed by atoms with Gasteiger partial charge in [0.15, 0.2) is 5.96 Å². The first kappa shape index (κ1) is 17.2. The van der Waals surface area contributed by atoms with Crippen molar-refractivity contribution in [2.75, 3.05) is 13.2 Å². The molecule has 3 N–H and O–H groups in total. The fourth-order valence-electron chi connectivity index (χ4n) is 2.29. The first-order valence-corrected chi connectivity index (χ1v) is 6.72. The number of halogens is 1. The minimum Gasteiger partial charge on any atom is -0.376 e. The van der Waals surface area contributed by atoms with E-state index in [0.29, 0.717) is 12.5 Å². The maximum absolute atomic E-state index is 5.86. The third kappa shape index (κ3) is 4.34. The molecule has 0 radical (unpaired) electrons. The Morgan fingerprint density at radius 3 is 2.85 bits per heavy atom. The number of hydrogen-bond donors (Lipinski definition) is 2. The molecule has 2 rings (SSSR count). The molecule has 1 fully saturated rings. The Hall–Kier alpha value is -0.830. The highest BCUT2D eigenvalue weighted by Gasteiger charge is 2.15. The molecular formula is C13H24IN5O. The van der Waals surface area contributed by atoms with Crippen LogP contribution in [0.3, 0.4) is 0 Å². The number of nitrogens with two attached hydrogens (primary N) is 1. The summed E-state index contributed by atoms with van der Waals surface area (Å²) in [6.07, 6.45) is 2.51. The Morgan fingerprint density at radius 1 is 1.55 bits per heavy atom. The second-order valence-corrected chi connectivity index (χ2v) is 4.99. The van der Waals surface area contributed by atoms with E-state index < -0.39 is 0 Å². The molecule has 1 saturated heterocycles. The second-order valence-electron chi connectivity index (χ2n) is 4.99. The fourth-order valence-corrected chi connectivity index (χ4v) is 2.29. The Balaban J connectivity index is 0.00000200. The zero-order valence-electron chi connectivity index (χ0n) is 12.3. The second kappa shape index (κ2) is 7.82. The molecule has 1 aliphatic rings. The topological polar surface area (TPSA) is 77.5 Å². The van der Waals surface area contributed by atoms with Gasteiger partial charge in [0, 0.05) is 31.5 Å². The van der Waals surface area contributed by atoms with E-state index in [1.54, 1.807) is 0 Å². The Labute approximate surface area is 137 Å². The summed E-state index contributed by atoms with van der Waals surface area (Å²) in [5.74, 6) is 0.471. The van der Waals surface area contributed by atoms with E-state index in [4.69, 9.17) is 10.5 Å². The molecule has 1 aromatic rings. The van der Waals surface area contributed by atoms with Crippen molar-refractivity contribution in [1.82, 2.24) is 15.1 Å². The van der Waals surface area contributed by atoms with E-state index in [1.807, 2.05) is 25.6 Å². The lowest BCUT2D eigenvalue weighted by molar-refractivity contribution is 0.114. The molecule has 114 valence electrons. The fraction of sp³-hybridized carbons (Fsp3) is 0.692. The molecule has 0 bridgehead atoms. The van der Waals surface area contributed by atoms with Crippen LogP contribution in [-0.4, -0.2) is 35.0 Å². The first-order chi connectivity index (χ1) is 9.08. The summed E-state index contributed by atoms with van der Waals surface area (Å²) in [4.78, 5) is 4.36. The number of ether oxygens (including phenoxy) is 1. The summed E-state index contributed by atoms with van der Waals surface area (Å²) in [5, 5.41) is 7.48. The molecule has 0 saturated carbocycles. The highest BCUT2D eigenvalue weighted by Crippen LogP contribution is 2.13. The minimum absolute atomic E-state index is 0. The van der Waals surface area contributed by atoms with Crippen LogP contribution >= 0.6 is 24.0 Å². The number of nitrogens with zero attached hydrogens (tertiary/aromatic N) is 3. The van der Waals surface area contributed by atoms with E-state index in [1.165, 1.54) is 0 Å². The van der Waals surface area contributed by atoms with Crippen molar-refractivity contribution in [2.45, 2.75) is 39.3 Å². The summed E-state index contributed by atoms with van der Waals surface area (Å²) in [6, 6.07) is 0. The SMILES string of the molecule is Cc1nn(C)c(C)c1CN=C(N)NCC1CCCO1.I. The van der Waals surface area contributed by atoms with Crippen molar-refractivity contribution in [2.24, 2.45) is 17.8 Å². The van der Waals surface area contributed by atoms with E-state index >= 15 is 0 Å². The number of rotatable bonds is 4. The maximum Gasteiger partial charge on any atom is 0.189 e. The van der Waals surface area contributed by atoms with Gasteiger partial charge < -0.3 is 15.8 Å². The van der Waals surface area contributed by atoms with Crippen molar-refractivity contribution in [3.63, 3.8) is 0 Å². The highest BCUT2D eigenvalue weighted by atomic mass is 127. The predicted octanol–water partition coefficient (Wildman–Crippen LogP) is 1.24. The lowest BCUT2D eigenvalue weighted by Gasteiger charge is -2.11. The summed E-state index contributed by atoms with van der Waals surface area (Å²) < 4.78 is 7.39. The molecule has 1 unspecified atom stereocenters. The zero-order valence-corrected chi connectivity index (χ0v) is 14.7. The van der Waals surface area contributed by atoms with Crippen molar-refractivity contribution in [3.8, 4) is 0 Å². The molecule has 6 nitrogen and oxygen atoms in total. The van der Waals surface area contributed by atoms with E-state index in [0.717, 1.165) is 42.9 Å². The molecule has 1 aromatic heterocycles. The van der Waals surface area contributed by atoms with Gasteiger partial charge in [-0.1, -0.05) is 0 Å². The molecular weight excluding hydrogens is 369 g/mol. The summed E-state index contributed by atoms with van der Waals surface area (Å²) in [5.41, 5.74) is 9.15. The molecule has 2 heterocycles. The van der Waals surface area contributed by atoms with Crippen molar-refractivity contribution in [3.05, 3.63) is 17.0 Å². The highest BCUT2D eigenvalue weighted by molar-refractivity contribution is 14.0. The van der Waals surface area contributed by atoms with E-state index in [-0.39, 0.29) is 30.1 Å². The van der Waals surface area contributed by atoms with Gasteiger partial charge in [0.05, 0.1) is 18.3 Å². The van der Waals surface area contributed by atoms with Gasteiger partial charge in [-0.2, -0.15) is 5.10 Å². The number of aliphatic imine (C=N–C) groups is 1. The van der Waals surface area contributed by atoms with Gasteiger partial charge in [-0.15, -0.1) is 24.0 Å². The van der Waals surface area contributed by atoms with E-state index in [9.17, 15) is 0 Å². The number of aryl methyl sites for hydroxylation is 2. The molecule has 0 spiro atoms. The van der Waals surface area contributed by atoms with Gasteiger partial charge in [-0.25, -0.2) is 4.99 Å². The van der Waals surface area contributed by atoms with Gasteiger partial charge in [0.25, 0.3) is 0 Å². The van der Waals surface area contributed by atoms with Crippen molar-refractivity contribution < 1.29 is 4.74 Å². The quantitative estimate of drug-likeness (QED) is 0.459. The summed E-state index contributed by atoms with van der Waals surface area (Å²) in [7, 11) is 1.94. The van der Waals surface area contributed by atoms with Crippen LogP contribution in [0.15, 0.2) is 4.99 Å². The number of hydrogen-bond acceptors (Lipinski definition) is 3. The standard InChI is InChI=1S/C13H23N5O.HI/c1-9-12(10(2)18(3)17-9)8-16-13(14)15-7-11-5-4-6-19-11;/h11H,4-8H2,1-3H3,(H3,14,15,16);1H. The molecule has 7 heteroatoms. The molecule has 0 aromatic carbocycles. The smallest absolute Gasteiger partial charge is 0.189 e. The van der Waals surface area contributed by atoms with E-state index in [2.05, 4.69) is 15.4 Å². The Morgan fingerprint density at radius 2 is 2.30 bits per heavy atom. The number of nitrogens with one attached hydrogen (secondary N) is 1. The van der Waals surface area contributed by atoms with Crippen LogP contribution in [0.25, 0.3) is 0 Å². The van der Waals surface area contributed by atoms with Crippen LogP contribution in [0.4, 0.5) is 0 Å². The number of aromatic nitrogens is 2. The zero-order chi connectivity index (χ0) is 13.8. The van der Waals surface area contributed by atoms with Crippen LogP contribution in [0.2, 0.25) is 0 Å². The van der Waals surface area contributed by atoms with Crippen LogP contribution in [0.5, 0.6) is 0 Å². The minimum atomic E-state index is 0.